The minimum absolute atomic E-state index is 0.0295. The Morgan fingerprint density at radius 3 is 2.42 bits per heavy atom. The standard InChI is InChI=1S/C30H28ClF3N4O2/c31-22-9-7-21(8-10-22)4-3-17-38-18-15-29(16-19-38)20-27(25-5-1-2-6-26(25)29)36-37-28(39)35-23-11-13-24(14-12-23)40-30(32,33)34/h1-14H,15-20H2,(H2,35,37,39)/b4-3+,36-27+. The minimum atomic E-state index is -4.77. The van der Waals surface area contributed by atoms with Crippen molar-refractivity contribution >= 4 is 35.1 Å². The van der Waals surface area contributed by atoms with E-state index in [1.54, 1.807) is 0 Å². The van der Waals surface area contributed by atoms with Gasteiger partial charge in [-0.25, -0.2) is 10.2 Å². The number of hydrogen-bond acceptors (Lipinski definition) is 4. The van der Waals surface area contributed by atoms with E-state index in [0.717, 1.165) is 72.9 Å². The number of nitrogens with zero attached hydrogens (tertiary/aromatic N) is 2. The van der Waals surface area contributed by atoms with Crippen LogP contribution in [0.2, 0.25) is 5.02 Å². The number of nitrogens with one attached hydrogen (secondary N) is 2. The van der Waals surface area contributed by atoms with Gasteiger partial charge < -0.3 is 10.1 Å². The number of carbonyl (C=O) groups excluding carboxylic acids is 1. The highest BCUT2D eigenvalue weighted by Gasteiger charge is 2.43. The predicted molar refractivity (Wildman–Crippen MR) is 151 cm³/mol. The number of amides is 2. The Labute approximate surface area is 235 Å². The highest BCUT2D eigenvalue weighted by atomic mass is 35.5. The second-order valence-corrected chi connectivity index (χ2v) is 10.4. The molecule has 1 aliphatic heterocycles. The third-order valence-corrected chi connectivity index (χ3v) is 7.56. The van der Waals surface area contributed by atoms with Gasteiger partial charge in [-0.1, -0.05) is 60.2 Å². The molecule has 3 aromatic rings. The summed E-state index contributed by atoms with van der Waals surface area (Å²) in [6.45, 7) is 2.77. The highest BCUT2D eigenvalue weighted by molar-refractivity contribution is 6.30. The number of anilines is 1. The van der Waals surface area contributed by atoms with Crippen molar-refractivity contribution in [3.8, 4) is 5.75 Å². The van der Waals surface area contributed by atoms with Crippen LogP contribution in [-0.4, -0.2) is 42.6 Å². The van der Waals surface area contributed by atoms with Crippen molar-refractivity contribution in [2.75, 3.05) is 25.0 Å². The molecule has 208 valence electrons. The zero-order valence-corrected chi connectivity index (χ0v) is 22.3. The van der Waals surface area contributed by atoms with Gasteiger partial charge in [-0.2, -0.15) is 5.10 Å². The van der Waals surface area contributed by atoms with E-state index in [2.05, 4.69) is 43.7 Å². The molecule has 0 atom stereocenters. The quantitative estimate of drug-likeness (QED) is 0.309. The number of ether oxygens (including phenoxy) is 1. The molecule has 5 rings (SSSR count). The Kier molecular flexibility index (Phi) is 8.14. The molecule has 0 saturated carbocycles. The smallest absolute Gasteiger partial charge is 0.406 e. The third-order valence-electron chi connectivity index (χ3n) is 7.31. The maximum Gasteiger partial charge on any atom is 0.573 e. The van der Waals surface area contributed by atoms with Crippen LogP contribution in [0, 0.1) is 0 Å². The fourth-order valence-corrected chi connectivity index (χ4v) is 5.47. The fourth-order valence-electron chi connectivity index (χ4n) is 5.35. The van der Waals surface area contributed by atoms with E-state index in [0.29, 0.717) is 5.69 Å². The first-order chi connectivity index (χ1) is 19.2. The summed E-state index contributed by atoms with van der Waals surface area (Å²) in [5.74, 6) is -0.366. The number of rotatable bonds is 6. The Hall–Kier alpha value is -3.82. The molecule has 3 aromatic carbocycles. The van der Waals surface area contributed by atoms with E-state index in [1.165, 1.54) is 17.7 Å². The third kappa shape index (κ3) is 6.84. The largest absolute Gasteiger partial charge is 0.573 e. The average molecular weight is 569 g/mol. The number of benzene rings is 3. The van der Waals surface area contributed by atoms with Crippen LogP contribution in [-0.2, 0) is 5.41 Å². The molecule has 0 bridgehead atoms. The second-order valence-electron chi connectivity index (χ2n) is 9.95. The lowest BCUT2D eigenvalue weighted by Crippen LogP contribution is -2.41. The van der Waals surface area contributed by atoms with E-state index in [-0.39, 0.29) is 11.2 Å². The molecule has 1 spiro atoms. The molecule has 1 heterocycles. The van der Waals surface area contributed by atoms with Crippen LogP contribution < -0.4 is 15.5 Å². The Morgan fingerprint density at radius 2 is 1.73 bits per heavy atom. The van der Waals surface area contributed by atoms with Crippen LogP contribution in [0.25, 0.3) is 6.08 Å². The van der Waals surface area contributed by atoms with Crippen LogP contribution >= 0.6 is 11.6 Å². The minimum Gasteiger partial charge on any atom is -0.406 e. The molecule has 1 fully saturated rings. The van der Waals surface area contributed by atoms with Gasteiger partial charge in [0.25, 0.3) is 0 Å². The van der Waals surface area contributed by atoms with Gasteiger partial charge in [-0.15, -0.1) is 13.2 Å². The number of piperidine rings is 1. The summed E-state index contributed by atoms with van der Waals surface area (Å²) in [6.07, 6.45) is 2.20. The molecule has 6 nitrogen and oxygen atoms in total. The molecule has 0 aromatic heterocycles. The monoisotopic (exact) mass is 568 g/mol. The fraction of sp³-hybridized carbons (Fsp3) is 0.267. The Morgan fingerprint density at radius 1 is 1.02 bits per heavy atom. The predicted octanol–water partition coefficient (Wildman–Crippen LogP) is 7.22. The summed E-state index contributed by atoms with van der Waals surface area (Å²) in [6, 6.07) is 20.3. The van der Waals surface area contributed by atoms with Crippen molar-refractivity contribution in [3.63, 3.8) is 0 Å². The van der Waals surface area contributed by atoms with E-state index >= 15 is 0 Å². The first-order valence-corrected chi connectivity index (χ1v) is 13.3. The lowest BCUT2D eigenvalue weighted by molar-refractivity contribution is -0.274. The molecule has 10 heteroatoms. The van der Waals surface area contributed by atoms with Gasteiger partial charge in [0.15, 0.2) is 0 Å². The van der Waals surface area contributed by atoms with Crippen LogP contribution in [0.15, 0.2) is 84.0 Å². The molecule has 0 unspecified atom stereocenters. The van der Waals surface area contributed by atoms with E-state index in [1.807, 2.05) is 42.5 Å². The topological polar surface area (TPSA) is 66.0 Å². The summed E-state index contributed by atoms with van der Waals surface area (Å²) < 4.78 is 40.9. The number of urea groups is 1. The van der Waals surface area contributed by atoms with Crippen LogP contribution in [0.4, 0.5) is 23.7 Å². The summed E-state index contributed by atoms with van der Waals surface area (Å²) in [7, 11) is 0. The van der Waals surface area contributed by atoms with Gasteiger partial charge in [-0.3, -0.25) is 4.90 Å². The van der Waals surface area contributed by atoms with E-state index in [4.69, 9.17) is 11.6 Å². The lowest BCUT2D eigenvalue weighted by atomic mass is 9.74. The number of carbonyl (C=O) groups is 1. The first kappa shape index (κ1) is 27.7. The van der Waals surface area contributed by atoms with Crippen LogP contribution in [0.1, 0.15) is 36.0 Å². The number of alkyl halides is 3. The molecule has 2 N–H and O–H groups in total. The SMILES string of the molecule is O=C(N/N=C1\CC2(CCN(C/C=C/c3ccc(Cl)cc3)CC2)c2ccccc21)Nc1ccc(OC(F)(F)F)cc1. The number of likely N-dealkylation sites (tertiary alicyclic amines) is 1. The molecular weight excluding hydrogens is 541 g/mol. The molecule has 0 radical (unpaired) electrons. The molecule has 1 saturated heterocycles. The van der Waals surface area contributed by atoms with Gasteiger partial charge >= 0.3 is 12.4 Å². The number of fused-ring (bicyclic) bond motifs is 2. The second kappa shape index (κ2) is 11.7. The number of halogens is 4. The Bertz CT molecular complexity index is 1400. The van der Waals surface area contributed by atoms with Gasteiger partial charge in [-0.05, 0) is 73.5 Å². The van der Waals surface area contributed by atoms with Gasteiger partial charge in [0.1, 0.15) is 5.75 Å². The molecule has 2 aliphatic rings. The highest BCUT2D eigenvalue weighted by Crippen LogP contribution is 2.46. The lowest BCUT2D eigenvalue weighted by Gasteiger charge is -2.39. The summed E-state index contributed by atoms with van der Waals surface area (Å²) >= 11 is 5.96. The first-order valence-electron chi connectivity index (χ1n) is 12.9. The van der Waals surface area contributed by atoms with Gasteiger partial charge in [0, 0.05) is 34.7 Å². The van der Waals surface area contributed by atoms with E-state index < -0.39 is 12.4 Å². The number of hydrazone groups is 1. The zero-order chi connectivity index (χ0) is 28.2. The Balaban J connectivity index is 1.18. The molecule has 40 heavy (non-hydrogen) atoms. The van der Waals surface area contributed by atoms with Crippen molar-refractivity contribution in [2.45, 2.75) is 31.0 Å². The van der Waals surface area contributed by atoms with E-state index in [9.17, 15) is 18.0 Å². The van der Waals surface area contributed by atoms with Crippen LogP contribution in [0.5, 0.6) is 5.75 Å². The van der Waals surface area contributed by atoms with Crippen molar-refractivity contribution in [2.24, 2.45) is 5.10 Å². The normalized spacial score (nSPS) is 17.8. The average Bonchev–Trinajstić information content (AvgIpc) is 3.23. The zero-order valence-electron chi connectivity index (χ0n) is 21.5. The summed E-state index contributed by atoms with van der Waals surface area (Å²) in [4.78, 5) is 14.9. The van der Waals surface area contributed by atoms with Crippen molar-refractivity contribution in [3.05, 3.63) is 101 Å². The summed E-state index contributed by atoms with van der Waals surface area (Å²) in [5, 5.41) is 7.73. The van der Waals surface area contributed by atoms with Crippen molar-refractivity contribution < 1.29 is 22.7 Å². The van der Waals surface area contributed by atoms with Crippen molar-refractivity contribution in [1.82, 2.24) is 10.3 Å². The molecule has 2 amide bonds. The van der Waals surface area contributed by atoms with Crippen molar-refractivity contribution in [1.29, 1.82) is 0 Å². The number of hydrogen-bond donors (Lipinski definition) is 2. The van der Waals surface area contributed by atoms with Gasteiger partial charge in [0.2, 0.25) is 0 Å². The maximum atomic E-state index is 12.5. The maximum absolute atomic E-state index is 12.5. The summed E-state index contributed by atoms with van der Waals surface area (Å²) in [5.41, 5.74) is 7.05. The molecular formula is C30H28ClF3N4O2. The van der Waals surface area contributed by atoms with Crippen LogP contribution in [0.3, 0.4) is 0 Å². The molecule has 1 aliphatic carbocycles. The van der Waals surface area contributed by atoms with Gasteiger partial charge in [0.05, 0.1) is 5.71 Å².